The number of halogens is 1. The summed E-state index contributed by atoms with van der Waals surface area (Å²) in [5.41, 5.74) is 1.10. The first-order valence-corrected chi connectivity index (χ1v) is 5.71. The predicted octanol–water partition coefficient (Wildman–Crippen LogP) is 2.76. The fraction of sp³-hybridized carbons (Fsp3) is 0.455. The monoisotopic (exact) mass is 255 g/mol. The summed E-state index contributed by atoms with van der Waals surface area (Å²) in [7, 11) is 0. The van der Waals surface area contributed by atoms with Crippen molar-refractivity contribution < 1.29 is 4.79 Å². The van der Waals surface area contributed by atoms with E-state index >= 15 is 0 Å². The van der Waals surface area contributed by atoms with Crippen molar-refractivity contribution >= 4 is 21.7 Å². The van der Waals surface area contributed by atoms with Crippen LogP contribution in [0.4, 0.5) is 0 Å². The van der Waals surface area contributed by atoms with Crippen molar-refractivity contribution in [3.63, 3.8) is 0 Å². The molecule has 2 nitrogen and oxygen atoms in total. The van der Waals surface area contributed by atoms with E-state index in [9.17, 15) is 4.79 Å². The maximum absolute atomic E-state index is 11.5. The Morgan fingerprint density at radius 2 is 2.43 bits per heavy atom. The lowest BCUT2D eigenvalue weighted by Crippen LogP contribution is -2.16. The van der Waals surface area contributed by atoms with Gasteiger partial charge in [-0.3, -0.25) is 9.78 Å². The summed E-state index contributed by atoms with van der Waals surface area (Å²) >= 11 is 3.40. The van der Waals surface area contributed by atoms with Gasteiger partial charge >= 0.3 is 0 Å². The number of carbonyl (C=O) groups excluding carboxylic acids is 1. The van der Waals surface area contributed by atoms with Crippen molar-refractivity contribution in [1.82, 2.24) is 4.98 Å². The second kappa shape index (κ2) is 5.91. The smallest absolute Gasteiger partial charge is 0.146 e. The van der Waals surface area contributed by atoms with E-state index < -0.39 is 0 Å². The van der Waals surface area contributed by atoms with Gasteiger partial charge in [0.1, 0.15) is 5.78 Å². The Balaban J connectivity index is 2.49. The minimum Gasteiger partial charge on any atom is -0.298 e. The fourth-order valence-corrected chi connectivity index (χ4v) is 1.85. The number of pyridine rings is 1. The fourth-order valence-electron chi connectivity index (χ4n) is 1.24. The SMILES string of the molecule is CCCC(=O)C(Br)Cc1cccnc1. The van der Waals surface area contributed by atoms with Crippen molar-refractivity contribution in [1.29, 1.82) is 0 Å². The van der Waals surface area contributed by atoms with E-state index in [4.69, 9.17) is 0 Å². The highest BCUT2D eigenvalue weighted by Gasteiger charge is 2.13. The van der Waals surface area contributed by atoms with Gasteiger partial charge in [-0.1, -0.05) is 28.9 Å². The third kappa shape index (κ3) is 3.58. The molecule has 76 valence electrons. The number of Topliss-reactive ketones (excluding diaryl/α,β-unsaturated/α-hetero) is 1. The van der Waals surface area contributed by atoms with Crippen LogP contribution in [-0.2, 0) is 11.2 Å². The maximum atomic E-state index is 11.5. The molecule has 1 atom stereocenters. The van der Waals surface area contributed by atoms with Crippen LogP contribution in [0.5, 0.6) is 0 Å². The highest BCUT2D eigenvalue weighted by molar-refractivity contribution is 9.10. The van der Waals surface area contributed by atoms with E-state index in [1.807, 2.05) is 19.1 Å². The van der Waals surface area contributed by atoms with Crippen molar-refractivity contribution in [2.45, 2.75) is 31.0 Å². The lowest BCUT2D eigenvalue weighted by molar-refractivity contribution is -0.118. The third-order valence-electron chi connectivity index (χ3n) is 1.98. The van der Waals surface area contributed by atoms with Crippen molar-refractivity contribution in [2.24, 2.45) is 0 Å². The summed E-state index contributed by atoms with van der Waals surface area (Å²) in [4.78, 5) is 15.4. The first-order chi connectivity index (χ1) is 6.74. The molecule has 1 aromatic rings. The first kappa shape index (κ1) is 11.4. The van der Waals surface area contributed by atoms with Gasteiger partial charge in [-0.15, -0.1) is 0 Å². The molecule has 0 N–H and O–H groups in total. The number of hydrogen-bond acceptors (Lipinski definition) is 2. The summed E-state index contributed by atoms with van der Waals surface area (Å²) in [6.07, 6.45) is 5.82. The van der Waals surface area contributed by atoms with Crippen LogP contribution in [0.2, 0.25) is 0 Å². The van der Waals surface area contributed by atoms with Gasteiger partial charge in [0.05, 0.1) is 4.83 Å². The topological polar surface area (TPSA) is 30.0 Å². The molecule has 0 fully saturated rings. The first-order valence-electron chi connectivity index (χ1n) is 4.79. The minimum atomic E-state index is -0.0633. The zero-order chi connectivity index (χ0) is 10.4. The van der Waals surface area contributed by atoms with Crippen LogP contribution in [0.1, 0.15) is 25.3 Å². The maximum Gasteiger partial charge on any atom is 0.146 e. The molecule has 1 rings (SSSR count). The van der Waals surface area contributed by atoms with E-state index in [1.165, 1.54) is 0 Å². The molecule has 0 spiro atoms. The Kier molecular flexibility index (Phi) is 4.80. The zero-order valence-electron chi connectivity index (χ0n) is 8.24. The average molecular weight is 256 g/mol. The summed E-state index contributed by atoms with van der Waals surface area (Å²) in [5.74, 6) is 0.274. The molecule has 0 saturated carbocycles. The number of rotatable bonds is 5. The molecule has 1 aromatic heterocycles. The molecule has 1 unspecified atom stereocenters. The van der Waals surface area contributed by atoms with Gasteiger partial charge in [0.15, 0.2) is 0 Å². The van der Waals surface area contributed by atoms with E-state index in [0.717, 1.165) is 18.4 Å². The molecule has 0 aromatic carbocycles. The van der Waals surface area contributed by atoms with Crippen LogP contribution in [0.15, 0.2) is 24.5 Å². The Morgan fingerprint density at radius 1 is 1.64 bits per heavy atom. The molecule has 0 radical (unpaired) electrons. The van der Waals surface area contributed by atoms with Crippen molar-refractivity contribution in [3.05, 3.63) is 30.1 Å². The van der Waals surface area contributed by atoms with E-state index in [0.29, 0.717) is 6.42 Å². The Bertz CT molecular complexity index is 287. The molecule has 0 bridgehead atoms. The van der Waals surface area contributed by atoms with Gasteiger partial charge in [0.25, 0.3) is 0 Å². The van der Waals surface area contributed by atoms with Gasteiger partial charge < -0.3 is 0 Å². The van der Waals surface area contributed by atoms with Gasteiger partial charge in [0, 0.05) is 18.8 Å². The van der Waals surface area contributed by atoms with Gasteiger partial charge in [-0.2, -0.15) is 0 Å². The molecular weight excluding hydrogens is 242 g/mol. The number of hydrogen-bond donors (Lipinski definition) is 0. The van der Waals surface area contributed by atoms with Crippen molar-refractivity contribution in [3.8, 4) is 0 Å². The summed E-state index contributed by atoms with van der Waals surface area (Å²) in [5, 5.41) is 0. The molecule has 0 saturated heterocycles. The molecule has 0 aliphatic rings. The molecule has 1 heterocycles. The Labute approximate surface area is 92.9 Å². The Morgan fingerprint density at radius 3 is 3.00 bits per heavy atom. The lowest BCUT2D eigenvalue weighted by Gasteiger charge is -2.07. The van der Waals surface area contributed by atoms with E-state index in [-0.39, 0.29) is 10.6 Å². The Hall–Kier alpha value is -0.700. The van der Waals surface area contributed by atoms with E-state index in [1.54, 1.807) is 12.4 Å². The summed E-state index contributed by atoms with van der Waals surface area (Å²) in [6, 6.07) is 3.87. The van der Waals surface area contributed by atoms with Crippen LogP contribution in [0.3, 0.4) is 0 Å². The largest absolute Gasteiger partial charge is 0.298 e. The number of carbonyl (C=O) groups is 1. The molecule has 0 aliphatic heterocycles. The second-order valence-corrected chi connectivity index (χ2v) is 4.35. The van der Waals surface area contributed by atoms with Crippen LogP contribution < -0.4 is 0 Å². The highest BCUT2D eigenvalue weighted by Crippen LogP contribution is 2.12. The van der Waals surface area contributed by atoms with Crippen LogP contribution in [-0.4, -0.2) is 15.6 Å². The van der Waals surface area contributed by atoms with Gasteiger partial charge in [0.2, 0.25) is 0 Å². The van der Waals surface area contributed by atoms with Crippen LogP contribution >= 0.6 is 15.9 Å². The normalized spacial score (nSPS) is 12.4. The number of alkyl halides is 1. The number of nitrogens with zero attached hydrogens (tertiary/aromatic N) is 1. The number of ketones is 1. The third-order valence-corrected chi connectivity index (χ3v) is 2.82. The molecule has 3 heteroatoms. The molecule has 14 heavy (non-hydrogen) atoms. The predicted molar refractivity (Wildman–Crippen MR) is 60.6 cm³/mol. The molecule has 0 amide bonds. The minimum absolute atomic E-state index is 0.0633. The average Bonchev–Trinajstić information content (AvgIpc) is 2.19. The molecule has 0 aliphatic carbocycles. The molecular formula is C11H14BrNO. The van der Waals surface area contributed by atoms with Crippen molar-refractivity contribution in [2.75, 3.05) is 0 Å². The number of aromatic nitrogens is 1. The van der Waals surface area contributed by atoms with Gasteiger partial charge in [-0.05, 0) is 24.5 Å². The lowest BCUT2D eigenvalue weighted by atomic mass is 10.1. The quantitative estimate of drug-likeness (QED) is 0.758. The van der Waals surface area contributed by atoms with Crippen LogP contribution in [0.25, 0.3) is 0 Å². The summed E-state index contributed by atoms with van der Waals surface area (Å²) < 4.78 is 0. The van der Waals surface area contributed by atoms with Crippen LogP contribution in [0, 0.1) is 0 Å². The highest BCUT2D eigenvalue weighted by atomic mass is 79.9. The summed E-state index contributed by atoms with van der Waals surface area (Å²) in [6.45, 7) is 2.02. The second-order valence-electron chi connectivity index (χ2n) is 3.25. The standard InChI is InChI=1S/C11H14BrNO/c1-2-4-11(14)10(12)7-9-5-3-6-13-8-9/h3,5-6,8,10H,2,4,7H2,1H3. The van der Waals surface area contributed by atoms with E-state index in [2.05, 4.69) is 20.9 Å². The zero-order valence-corrected chi connectivity index (χ0v) is 9.83. The van der Waals surface area contributed by atoms with Gasteiger partial charge in [-0.25, -0.2) is 0 Å².